The average Bonchev–Trinajstić information content (AvgIpc) is 2.39. The van der Waals surface area contributed by atoms with E-state index in [0.717, 1.165) is 19.3 Å². The van der Waals surface area contributed by atoms with Crippen molar-refractivity contribution in [1.82, 2.24) is 0 Å². The molecule has 0 fully saturated rings. The number of nitrogens with zero attached hydrogens (tertiary/aromatic N) is 2. The summed E-state index contributed by atoms with van der Waals surface area (Å²) < 4.78 is 5.59. The summed E-state index contributed by atoms with van der Waals surface area (Å²) in [7, 11) is 0. The van der Waals surface area contributed by atoms with Crippen LogP contribution in [-0.4, -0.2) is 11.5 Å². The van der Waals surface area contributed by atoms with Crippen molar-refractivity contribution in [3.8, 4) is 11.8 Å². The molecule has 0 saturated heterocycles. The number of unbranched alkanes of at least 4 members (excludes halogenated alkanes) is 1. The first-order valence-electron chi connectivity index (χ1n) is 6.65. The summed E-state index contributed by atoms with van der Waals surface area (Å²) in [5, 5.41) is 19.7. The van der Waals surface area contributed by atoms with E-state index in [-0.39, 0.29) is 11.1 Å². The second-order valence-electron chi connectivity index (χ2n) is 5.46. The quantitative estimate of drug-likeness (QED) is 0.428. The Hall–Kier alpha value is -2.09. The van der Waals surface area contributed by atoms with Crippen molar-refractivity contribution in [3.63, 3.8) is 0 Å². The molecule has 0 atom stereocenters. The van der Waals surface area contributed by atoms with Crippen LogP contribution in [0.5, 0.6) is 5.75 Å². The van der Waals surface area contributed by atoms with Gasteiger partial charge >= 0.3 is 0 Å². The fraction of sp³-hybridized carbons (Fsp3) is 0.533. The van der Waals surface area contributed by atoms with E-state index in [1.165, 1.54) is 6.07 Å². The predicted molar refractivity (Wildman–Crippen MR) is 76.6 cm³/mol. The number of nitro benzene ring substituents is 1. The topological polar surface area (TPSA) is 76.2 Å². The van der Waals surface area contributed by atoms with E-state index in [2.05, 4.69) is 6.07 Å². The molecule has 0 bridgehead atoms. The molecule has 1 aromatic carbocycles. The van der Waals surface area contributed by atoms with Crippen LogP contribution in [0, 0.1) is 33.8 Å². The van der Waals surface area contributed by atoms with E-state index in [0.29, 0.717) is 17.9 Å². The zero-order chi connectivity index (χ0) is 15.2. The molecule has 0 unspecified atom stereocenters. The van der Waals surface area contributed by atoms with Crippen LogP contribution >= 0.6 is 0 Å². The Bertz CT molecular complexity index is 518. The van der Waals surface area contributed by atoms with Gasteiger partial charge in [0.25, 0.3) is 5.69 Å². The van der Waals surface area contributed by atoms with Crippen LogP contribution in [0.2, 0.25) is 0 Å². The molecule has 1 aromatic rings. The van der Waals surface area contributed by atoms with Crippen molar-refractivity contribution in [3.05, 3.63) is 33.9 Å². The molecule has 0 radical (unpaired) electrons. The Morgan fingerprint density at radius 1 is 1.40 bits per heavy atom. The van der Waals surface area contributed by atoms with Crippen LogP contribution in [0.4, 0.5) is 5.69 Å². The molecular weight excluding hydrogens is 256 g/mol. The highest BCUT2D eigenvalue weighted by Gasteiger charge is 2.16. The number of ether oxygens (including phenoxy) is 1. The van der Waals surface area contributed by atoms with Gasteiger partial charge in [0.1, 0.15) is 5.75 Å². The minimum atomic E-state index is -0.405. The zero-order valence-corrected chi connectivity index (χ0v) is 12.2. The molecular formula is C15H20N2O3. The maximum absolute atomic E-state index is 10.8. The van der Waals surface area contributed by atoms with Crippen molar-refractivity contribution in [2.45, 2.75) is 40.0 Å². The summed E-state index contributed by atoms with van der Waals surface area (Å²) in [6.07, 6.45) is 2.54. The van der Waals surface area contributed by atoms with Gasteiger partial charge in [-0.25, -0.2) is 0 Å². The number of benzene rings is 1. The van der Waals surface area contributed by atoms with Gasteiger partial charge in [-0.05, 0) is 46.1 Å². The number of rotatable bonds is 7. The van der Waals surface area contributed by atoms with E-state index in [4.69, 9.17) is 10.00 Å². The number of nitro groups is 1. The van der Waals surface area contributed by atoms with Crippen LogP contribution in [0.25, 0.3) is 0 Å². The third-order valence-electron chi connectivity index (χ3n) is 3.21. The molecule has 5 heteroatoms. The van der Waals surface area contributed by atoms with E-state index >= 15 is 0 Å². The van der Waals surface area contributed by atoms with Gasteiger partial charge < -0.3 is 4.74 Å². The first-order valence-corrected chi connectivity index (χ1v) is 6.65. The van der Waals surface area contributed by atoms with Crippen molar-refractivity contribution >= 4 is 5.69 Å². The van der Waals surface area contributed by atoms with Gasteiger partial charge in [-0.2, -0.15) is 5.26 Å². The lowest BCUT2D eigenvalue weighted by Gasteiger charge is -2.14. The molecule has 0 N–H and O–H groups in total. The molecule has 5 nitrogen and oxygen atoms in total. The molecule has 0 amide bonds. The molecule has 0 saturated carbocycles. The van der Waals surface area contributed by atoms with Crippen LogP contribution in [0.1, 0.15) is 38.7 Å². The van der Waals surface area contributed by atoms with E-state index < -0.39 is 4.92 Å². The van der Waals surface area contributed by atoms with E-state index in [9.17, 15) is 10.1 Å². The fourth-order valence-electron chi connectivity index (χ4n) is 1.86. The second-order valence-corrected chi connectivity index (χ2v) is 5.46. The minimum Gasteiger partial charge on any atom is -0.493 e. The molecule has 1 rings (SSSR count). The van der Waals surface area contributed by atoms with Gasteiger partial charge in [0.2, 0.25) is 0 Å². The normalized spacial score (nSPS) is 10.9. The third-order valence-corrected chi connectivity index (χ3v) is 3.21. The van der Waals surface area contributed by atoms with Crippen molar-refractivity contribution < 1.29 is 9.66 Å². The van der Waals surface area contributed by atoms with Crippen LogP contribution in [0.3, 0.4) is 0 Å². The SMILES string of the molecule is Cc1c(OCCCCC(C)(C)C#N)cccc1[N+](=O)[O-]. The Balaban J connectivity index is 2.46. The summed E-state index contributed by atoms with van der Waals surface area (Å²) in [5.41, 5.74) is 0.324. The maximum Gasteiger partial charge on any atom is 0.276 e. The molecule has 20 heavy (non-hydrogen) atoms. The van der Waals surface area contributed by atoms with Gasteiger partial charge in [-0.15, -0.1) is 0 Å². The number of hydrogen-bond acceptors (Lipinski definition) is 4. The smallest absolute Gasteiger partial charge is 0.276 e. The zero-order valence-electron chi connectivity index (χ0n) is 12.2. The van der Waals surface area contributed by atoms with Crippen molar-refractivity contribution in [2.75, 3.05) is 6.61 Å². The molecule has 0 aliphatic heterocycles. The number of hydrogen-bond donors (Lipinski definition) is 0. The van der Waals surface area contributed by atoms with Crippen LogP contribution in [-0.2, 0) is 0 Å². The highest BCUT2D eigenvalue weighted by Crippen LogP contribution is 2.27. The summed E-state index contributed by atoms with van der Waals surface area (Å²) in [6.45, 7) is 6.02. The highest BCUT2D eigenvalue weighted by molar-refractivity contribution is 5.48. The Kier molecular flexibility index (Phi) is 5.51. The van der Waals surface area contributed by atoms with Gasteiger partial charge in [-0.3, -0.25) is 10.1 Å². The Labute approximate surface area is 119 Å². The molecule has 0 aliphatic carbocycles. The lowest BCUT2D eigenvalue weighted by Crippen LogP contribution is -2.08. The lowest BCUT2D eigenvalue weighted by atomic mass is 9.89. The molecule has 0 aromatic heterocycles. The first kappa shape index (κ1) is 16.0. The van der Waals surface area contributed by atoms with E-state index in [1.54, 1.807) is 19.1 Å². The molecule has 0 spiro atoms. The lowest BCUT2D eigenvalue weighted by molar-refractivity contribution is -0.385. The van der Waals surface area contributed by atoms with Gasteiger partial charge in [0, 0.05) is 6.07 Å². The molecule has 0 aliphatic rings. The van der Waals surface area contributed by atoms with Crippen LogP contribution < -0.4 is 4.74 Å². The van der Waals surface area contributed by atoms with Crippen molar-refractivity contribution in [2.24, 2.45) is 5.41 Å². The average molecular weight is 276 g/mol. The Morgan fingerprint density at radius 3 is 2.70 bits per heavy atom. The summed E-state index contributed by atoms with van der Waals surface area (Å²) in [6, 6.07) is 7.09. The summed E-state index contributed by atoms with van der Waals surface area (Å²) in [4.78, 5) is 10.4. The van der Waals surface area contributed by atoms with E-state index in [1.807, 2.05) is 13.8 Å². The minimum absolute atomic E-state index is 0.0770. The third kappa shape index (κ3) is 4.54. The molecule has 0 heterocycles. The highest BCUT2D eigenvalue weighted by atomic mass is 16.6. The molecule has 108 valence electrons. The number of nitriles is 1. The summed E-state index contributed by atoms with van der Waals surface area (Å²) in [5.74, 6) is 0.554. The largest absolute Gasteiger partial charge is 0.493 e. The fourth-order valence-corrected chi connectivity index (χ4v) is 1.86. The first-order chi connectivity index (χ1) is 9.37. The van der Waals surface area contributed by atoms with Gasteiger partial charge in [0.15, 0.2) is 0 Å². The van der Waals surface area contributed by atoms with Gasteiger partial charge in [-0.1, -0.05) is 6.07 Å². The van der Waals surface area contributed by atoms with Crippen molar-refractivity contribution in [1.29, 1.82) is 5.26 Å². The predicted octanol–water partition coefficient (Wildman–Crippen LogP) is 4.00. The van der Waals surface area contributed by atoms with Crippen LogP contribution in [0.15, 0.2) is 18.2 Å². The maximum atomic E-state index is 10.8. The standard InChI is InChI=1S/C15H20N2O3/c1-12-13(17(18)19)7-6-8-14(12)20-10-5-4-9-15(2,3)11-16/h6-8H,4-5,9-10H2,1-3H3. The second kappa shape index (κ2) is 6.90. The van der Waals surface area contributed by atoms with Gasteiger partial charge in [0.05, 0.1) is 28.6 Å². The summed E-state index contributed by atoms with van der Waals surface area (Å²) >= 11 is 0. The Morgan fingerprint density at radius 2 is 2.10 bits per heavy atom. The monoisotopic (exact) mass is 276 g/mol.